The van der Waals surface area contributed by atoms with Gasteiger partial charge in [0.15, 0.2) is 0 Å². The normalized spacial score (nSPS) is 10.5. The molecule has 1 N–H and O–H groups in total. The number of carbonyl (C=O) groups is 1. The fourth-order valence-corrected chi connectivity index (χ4v) is 2.92. The number of amides is 1. The third-order valence-corrected chi connectivity index (χ3v) is 4.23. The van der Waals surface area contributed by atoms with Gasteiger partial charge in [0, 0.05) is 27.8 Å². The highest BCUT2D eigenvalue weighted by Crippen LogP contribution is 2.24. The molecule has 1 amide bonds. The summed E-state index contributed by atoms with van der Waals surface area (Å²) in [5, 5.41) is 4.87. The first kappa shape index (κ1) is 14.8. The van der Waals surface area contributed by atoms with E-state index in [4.69, 9.17) is 0 Å². The number of hydrogen-bond donors (Lipinski definition) is 1. The molecule has 0 fully saturated rings. The van der Waals surface area contributed by atoms with E-state index in [-0.39, 0.29) is 11.4 Å². The van der Waals surface area contributed by atoms with Crippen LogP contribution in [0.2, 0.25) is 0 Å². The number of thiazole rings is 1. The number of benzene rings is 1. The zero-order chi connectivity index (χ0) is 15.5. The highest BCUT2D eigenvalue weighted by molar-refractivity contribution is 9.10. The third-order valence-electron chi connectivity index (χ3n) is 2.84. The van der Waals surface area contributed by atoms with Crippen molar-refractivity contribution in [1.82, 2.24) is 9.97 Å². The molecule has 4 nitrogen and oxygen atoms in total. The smallest absolute Gasteiger partial charge is 0.275 e. The average Bonchev–Trinajstić information content (AvgIpc) is 3.01. The van der Waals surface area contributed by atoms with Gasteiger partial charge in [0.2, 0.25) is 0 Å². The van der Waals surface area contributed by atoms with E-state index in [1.54, 1.807) is 23.8 Å². The summed E-state index contributed by atoms with van der Waals surface area (Å²) < 4.78 is 14.3. The molecule has 0 bridgehead atoms. The van der Waals surface area contributed by atoms with Gasteiger partial charge >= 0.3 is 0 Å². The van der Waals surface area contributed by atoms with Crippen LogP contribution in [0.4, 0.5) is 10.1 Å². The van der Waals surface area contributed by atoms with Gasteiger partial charge in [0.05, 0.1) is 5.69 Å². The molecule has 1 aromatic carbocycles. The number of rotatable bonds is 3. The molecule has 3 rings (SSSR count). The Morgan fingerprint density at radius 3 is 2.73 bits per heavy atom. The van der Waals surface area contributed by atoms with Crippen LogP contribution in [0.5, 0.6) is 0 Å². The Morgan fingerprint density at radius 1 is 1.23 bits per heavy atom. The van der Waals surface area contributed by atoms with E-state index in [0.29, 0.717) is 9.48 Å². The van der Waals surface area contributed by atoms with Crippen molar-refractivity contribution in [2.45, 2.75) is 0 Å². The molecule has 2 heterocycles. The first-order valence-corrected chi connectivity index (χ1v) is 7.93. The summed E-state index contributed by atoms with van der Waals surface area (Å²) in [7, 11) is 0. The largest absolute Gasteiger partial charge is 0.318 e. The molecule has 0 atom stereocenters. The minimum absolute atomic E-state index is 0.117. The Kier molecular flexibility index (Phi) is 4.26. The van der Waals surface area contributed by atoms with E-state index < -0.39 is 11.7 Å². The fourth-order valence-electron chi connectivity index (χ4n) is 1.78. The lowest BCUT2D eigenvalue weighted by molar-refractivity contribution is 0.102. The van der Waals surface area contributed by atoms with Crippen molar-refractivity contribution in [3.05, 3.63) is 64.1 Å². The van der Waals surface area contributed by atoms with Crippen LogP contribution in [0.3, 0.4) is 0 Å². The molecule has 3 aromatic rings. The molecule has 0 aliphatic heterocycles. The molecule has 2 aromatic heterocycles. The summed E-state index contributed by atoms with van der Waals surface area (Å²) in [6.07, 6.45) is 3.32. The van der Waals surface area contributed by atoms with Crippen LogP contribution in [0, 0.1) is 5.82 Å². The zero-order valence-corrected chi connectivity index (χ0v) is 13.5. The molecule has 0 aliphatic rings. The highest BCUT2D eigenvalue weighted by Gasteiger charge is 2.14. The minimum Gasteiger partial charge on any atom is -0.318 e. The summed E-state index contributed by atoms with van der Waals surface area (Å²) in [6, 6.07) is 8.07. The summed E-state index contributed by atoms with van der Waals surface area (Å²) in [6.45, 7) is 0. The summed E-state index contributed by atoms with van der Waals surface area (Å²) in [5.74, 6) is -0.954. The van der Waals surface area contributed by atoms with Gasteiger partial charge in [-0.1, -0.05) is 15.9 Å². The quantitative estimate of drug-likeness (QED) is 0.737. The van der Waals surface area contributed by atoms with E-state index in [1.807, 2.05) is 12.1 Å². The molecule has 0 aliphatic carbocycles. The second-order valence-corrected chi connectivity index (χ2v) is 6.13. The second-order valence-electron chi connectivity index (χ2n) is 4.35. The zero-order valence-electron chi connectivity index (χ0n) is 11.1. The van der Waals surface area contributed by atoms with Crippen LogP contribution in [-0.4, -0.2) is 15.9 Å². The van der Waals surface area contributed by atoms with Crippen LogP contribution in [0.15, 0.2) is 52.6 Å². The van der Waals surface area contributed by atoms with Gasteiger partial charge in [-0.15, -0.1) is 11.3 Å². The third kappa shape index (κ3) is 3.20. The maximum absolute atomic E-state index is 13.7. The predicted octanol–water partition coefficient (Wildman–Crippen LogP) is 4.36. The van der Waals surface area contributed by atoms with Crippen LogP contribution >= 0.6 is 27.3 Å². The highest BCUT2D eigenvalue weighted by atomic mass is 79.9. The lowest BCUT2D eigenvalue weighted by Gasteiger charge is -2.04. The Morgan fingerprint density at radius 2 is 2.00 bits per heavy atom. The number of pyridine rings is 1. The molecule has 0 spiro atoms. The number of nitrogens with one attached hydrogen (secondary N) is 1. The summed E-state index contributed by atoms with van der Waals surface area (Å²) in [4.78, 5) is 20.3. The van der Waals surface area contributed by atoms with E-state index in [9.17, 15) is 9.18 Å². The van der Waals surface area contributed by atoms with E-state index in [0.717, 1.165) is 5.56 Å². The van der Waals surface area contributed by atoms with Crippen molar-refractivity contribution in [3.63, 3.8) is 0 Å². The molecule has 0 radical (unpaired) electrons. The Balaban J connectivity index is 1.80. The lowest BCUT2D eigenvalue weighted by atomic mass is 10.3. The van der Waals surface area contributed by atoms with Crippen LogP contribution < -0.4 is 5.32 Å². The van der Waals surface area contributed by atoms with Crippen molar-refractivity contribution in [2.24, 2.45) is 0 Å². The van der Waals surface area contributed by atoms with Crippen molar-refractivity contribution < 1.29 is 9.18 Å². The standard InChI is InChI=1S/C15H9BrFN3OS/c16-10-1-2-12(11(17)7-10)19-14(21)13-8-22-15(20-13)9-3-5-18-6-4-9/h1-8H,(H,19,21). The molecule has 0 saturated heterocycles. The second kappa shape index (κ2) is 6.33. The number of hydrogen-bond acceptors (Lipinski definition) is 4. The topological polar surface area (TPSA) is 54.9 Å². The average molecular weight is 378 g/mol. The number of nitrogens with zero attached hydrogens (tertiary/aromatic N) is 2. The van der Waals surface area contributed by atoms with Crippen LogP contribution in [0.25, 0.3) is 10.6 Å². The van der Waals surface area contributed by atoms with Crippen LogP contribution in [0.1, 0.15) is 10.5 Å². The maximum atomic E-state index is 13.7. The molecular weight excluding hydrogens is 369 g/mol. The Labute approximate surface area is 138 Å². The maximum Gasteiger partial charge on any atom is 0.275 e. The number of halogens is 2. The van der Waals surface area contributed by atoms with Crippen LogP contribution in [-0.2, 0) is 0 Å². The van der Waals surface area contributed by atoms with E-state index in [1.165, 1.54) is 23.5 Å². The number of aromatic nitrogens is 2. The van der Waals surface area contributed by atoms with Crippen molar-refractivity contribution in [3.8, 4) is 10.6 Å². The van der Waals surface area contributed by atoms with Crippen molar-refractivity contribution in [1.29, 1.82) is 0 Å². The lowest BCUT2D eigenvalue weighted by Crippen LogP contribution is -2.13. The predicted molar refractivity (Wildman–Crippen MR) is 87.4 cm³/mol. The van der Waals surface area contributed by atoms with Gasteiger partial charge < -0.3 is 5.32 Å². The summed E-state index contributed by atoms with van der Waals surface area (Å²) >= 11 is 4.52. The van der Waals surface area contributed by atoms with Crippen molar-refractivity contribution in [2.75, 3.05) is 5.32 Å². The summed E-state index contributed by atoms with van der Waals surface area (Å²) in [5.41, 5.74) is 1.25. The van der Waals surface area contributed by atoms with Gasteiger partial charge in [-0.2, -0.15) is 0 Å². The molecule has 0 saturated carbocycles. The molecule has 22 heavy (non-hydrogen) atoms. The van der Waals surface area contributed by atoms with Gasteiger partial charge in [-0.3, -0.25) is 9.78 Å². The number of anilines is 1. The molecule has 110 valence electrons. The number of carbonyl (C=O) groups excluding carboxylic acids is 1. The Hall–Kier alpha value is -2.12. The minimum atomic E-state index is -0.507. The fraction of sp³-hybridized carbons (Fsp3) is 0. The van der Waals surface area contributed by atoms with E-state index in [2.05, 4.69) is 31.2 Å². The van der Waals surface area contributed by atoms with Gasteiger partial charge in [-0.25, -0.2) is 9.37 Å². The van der Waals surface area contributed by atoms with Gasteiger partial charge in [-0.05, 0) is 30.3 Å². The molecular formula is C15H9BrFN3OS. The van der Waals surface area contributed by atoms with E-state index >= 15 is 0 Å². The SMILES string of the molecule is O=C(Nc1ccc(Br)cc1F)c1csc(-c2ccncc2)n1. The first-order chi connectivity index (χ1) is 10.6. The molecule has 7 heteroatoms. The van der Waals surface area contributed by atoms with Crippen molar-refractivity contribution >= 4 is 38.9 Å². The van der Waals surface area contributed by atoms with Gasteiger partial charge in [0.1, 0.15) is 16.5 Å². The Bertz CT molecular complexity index is 823. The molecule has 0 unspecified atom stereocenters. The first-order valence-electron chi connectivity index (χ1n) is 6.26. The monoisotopic (exact) mass is 377 g/mol. The van der Waals surface area contributed by atoms with Gasteiger partial charge in [0.25, 0.3) is 5.91 Å².